The number of rotatable bonds is 2. The van der Waals surface area contributed by atoms with Crippen LogP contribution in [0.15, 0.2) is 36.1 Å². The lowest BCUT2D eigenvalue weighted by Gasteiger charge is -2.23. The van der Waals surface area contributed by atoms with Gasteiger partial charge >= 0.3 is 0 Å². The molecule has 1 heterocycles. The van der Waals surface area contributed by atoms with E-state index in [4.69, 9.17) is 4.74 Å². The predicted molar refractivity (Wildman–Crippen MR) is 51.8 cm³/mol. The molecule has 1 heteroatoms. The normalized spacial score (nSPS) is 24.3. The average Bonchev–Trinajstić information content (AvgIpc) is 2.08. The molecule has 0 aliphatic carbocycles. The van der Waals surface area contributed by atoms with E-state index in [0.717, 1.165) is 18.6 Å². The lowest BCUT2D eigenvalue weighted by atomic mass is 10.0. The lowest BCUT2D eigenvalue weighted by Crippen LogP contribution is -2.13. The van der Waals surface area contributed by atoms with Crippen molar-refractivity contribution < 1.29 is 4.74 Å². The first-order valence-corrected chi connectivity index (χ1v) is 4.43. The third-order valence-corrected chi connectivity index (χ3v) is 2.02. The van der Waals surface area contributed by atoms with Crippen molar-refractivity contribution >= 4 is 0 Å². The van der Waals surface area contributed by atoms with Gasteiger partial charge in [-0.2, -0.15) is 0 Å². The van der Waals surface area contributed by atoms with Gasteiger partial charge in [0, 0.05) is 0 Å². The Kier molecular flexibility index (Phi) is 3.15. The molecule has 0 N–H and O–H groups in total. The lowest BCUT2D eigenvalue weighted by molar-refractivity contribution is 0.117. The molecule has 0 bridgehead atoms. The first kappa shape index (κ1) is 9.11. The van der Waals surface area contributed by atoms with Crippen molar-refractivity contribution in [1.82, 2.24) is 0 Å². The Morgan fingerprint density at radius 3 is 2.92 bits per heavy atom. The van der Waals surface area contributed by atoms with Gasteiger partial charge in [-0.15, -0.1) is 0 Å². The van der Waals surface area contributed by atoms with Crippen molar-refractivity contribution in [2.24, 2.45) is 0 Å². The van der Waals surface area contributed by atoms with E-state index >= 15 is 0 Å². The molecule has 66 valence electrons. The third-order valence-electron chi connectivity index (χ3n) is 2.02. The average molecular weight is 164 g/mol. The Hall–Kier alpha value is -0.980. The van der Waals surface area contributed by atoms with Crippen LogP contribution >= 0.6 is 0 Å². The van der Waals surface area contributed by atoms with Crippen LogP contribution in [0.1, 0.15) is 26.7 Å². The van der Waals surface area contributed by atoms with Gasteiger partial charge in [0.2, 0.25) is 0 Å². The maximum atomic E-state index is 5.61. The molecule has 12 heavy (non-hydrogen) atoms. The minimum atomic E-state index is 0.340. The summed E-state index contributed by atoms with van der Waals surface area (Å²) in [5.74, 6) is 0.951. The predicted octanol–water partition coefficient (Wildman–Crippen LogP) is 3.20. The Bertz CT molecular complexity index is 223. The molecule has 1 aliphatic rings. The fourth-order valence-corrected chi connectivity index (χ4v) is 1.38. The van der Waals surface area contributed by atoms with Gasteiger partial charge in [-0.1, -0.05) is 18.7 Å². The largest absolute Gasteiger partial charge is 0.490 e. The Morgan fingerprint density at radius 1 is 1.58 bits per heavy atom. The van der Waals surface area contributed by atoms with Gasteiger partial charge in [0.15, 0.2) is 0 Å². The quantitative estimate of drug-likeness (QED) is 0.609. The highest BCUT2D eigenvalue weighted by Crippen LogP contribution is 2.24. The first-order valence-electron chi connectivity index (χ1n) is 4.43. The molecule has 0 fully saturated rings. The molecule has 0 saturated carbocycles. The molecule has 1 aliphatic heterocycles. The molecule has 1 nitrogen and oxygen atoms in total. The van der Waals surface area contributed by atoms with Crippen molar-refractivity contribution in [3.05, 3.63) is 36.1 Å². The van der Waals surface area contributed by atoms with Crippen LogP contribution in [0.4, 0.5) is 0 Å². The molecule has 0 unspecified atom stereocenters. The highest BCUT2D eigenvalue weighted by Gasteiger charge is 2.14. The molecule has 0 saturated heterocycles. The van der Waals surface area contributed by atoms with Crippen molar-refractivity contribution in [2.75, 3.05) is 0 Å². The van der Waals surface area contributed by atoms with E-state index in [1.165, 1.54) is 5.57 Å². The second-order valence-electron chi connectivity index (χ2n) is 3.06. The maximum absolute atomic E-state index is 5.61. The molecule has 0 aromatic heterocycles. The molecule has 0 amide bonds. The van der Waals surface area contributed by atoms with Crippen LogP contribution < -0.4 is 0 Å². The van der Waals surface area contributed by atoms with Gasteiger partial charge in [-0.05, 0) is 38.3 Å². The van der Waals surface area contributed by atoms with Crippen LogP contribution in [-0.4, -0.2) is 6.10 Å². The van der Waals surface area contributed by atoms with Crippen LogP contribution in [0.25, 0.3) is 0 Å². The van der Waals surface area contributed by atoms with Crippen molar-refractivity contribution in [3.8, 4) is 0 Å². The second-order valence-corrected chi connectivity index (χ2v) is 3.06. The summed E-state index contributed by atoms with van der Waals surface area (Å²) in [6.45, 7) is 7.85. The van der Waals surface area contributed by atoms with E-state index in [1.807, 2.05) is 13.0 Å². The Balaban J connectivity index is 2.83. The van der Waals surface area contributed by atoms with Gasteiger partial charge in [-0.3, -0.25) is 0 Å². The minimum absolute atomic E-state index is 0.340. The van der Waals surface area contributed by atoms with Crippen LogP contribution in [-0.2, 0) is 4.74 Å². The summed E-state index contributed by atoms with van der Waals surface area (Å²) >= 11 is 0. The van der Waals surface area contributed by atoms with Gasteiger partial charge in [-0.25, -0.2) is 0 Å². The fraction of sp³-hybridized carbons (Fsp3) is 0.455. The fourth-order valence-electron chi connectivity index (χ4n) is 1.38. The topological polar surface area (TPSA) is 9.23 Å². The summed E-state index contributed by atoms with van der Waals surface area (Å²) in [7, 11) is 0. The van der Waals surface area contributed by atoms with Gasteiger partial charge in [0.1, 0.15) is 5.76 Å². The summed E-state index contributed by atoms with van der Waals surface area (Å²) in [5.41, 5.74) is 1.27. The molecule has 1 rings (SSSR count). The van der Waals surface area contributed by atoms with Gasteiger partial charge in [0.25, 0.3) is 0 Å². The molecule has 0 aromatic rings. The van der Waals surface area contributed by atoms with Crippen molar-refractivity contribution in [3.63, 3.8) is 0 Å². The molecular weight excluding hydrogens is 148 g/mol. The summed E-state index contributed by atoms with van der Waals surface area (Å²) in [4.78, 5) is 0. The summed E-state index contributed by atoms with van der Waals surface area (Å²) in [6, 6.07) is 0. The molecule has 0 spiro atoms. The standard InChI is InChI=1S/C11H16O/c1-4-6-10-8-7-9(3)12-11(10)5-2/h4-6,9H,2,7-8H2,1,3H3/b6-4-/t9-/m1/s1. The summed E-state index contributed by atoms with van der Waals surface area (Å²) in [6.07, 6.45) is 8.49. The molecule has 0 radical (unpaired) electrons. The smallest absolute Gasteiger partial charge is 0.122 e. The van der Waals surface area contributed by atoms with Crippen LogP contribution in [0.5, 0.6) is 0 Å². The first-order chi connectivity index (χ1) is 5.77. The highest BCUT2D eigenvalue weighted by molar-refractivity contribution is 5.29. The Labute approximate surface area is 74.4 Å². The number of ether oxygens (including phenoxy) is 1. The number of allylic oxidation sites excluding steroid dienone is 4. The zero-order chi connectivity index (χ0) is 8.97. The Morgan fingerprint density at radius 2 is 2.33 bits per heavy atom. The van der Waals surface area contributed by atoms with Crippen LogP contribution in [0.3, 0.4) is 0 Å². The van der Waals surface area contributed by atoms with Gasteiger partial charge < -0.3 is 4.74 Å². The zero-order valence-corrected chi connectivity index (χ0v) is 7.84. The van der Waals surface area contributed by atoms with Crippen LogP contribution in [0.2, 0.25) is 0 Å². The van der Waals surface area contributed by atoms with Crippen molar-refractivity contribution in [2.45, 2.75) is 32.8 Å². The van der Waals surface area contributed by atoms with E-state index < -0.39 is 0 Å². The second kappa shape index (κ2) is 4.15. The number of hydrogen-bond acceptors (Lipinski definition) is 1. The number of hydrogen-bond donors (Lipinski definition) is 0. The van der Waals surface area contributed by atoms with E-state index in [-0.39, 0.29) is 0 Å². The highest BCUT2D eigenvalue weighted by atomic mass is 16.5. The van der Waals surface area contributed by atoms with Crippen molar-refractivity contribution in [1.29, 1.82) is 0 Å². The van der Waals surface area contributed by atoms with E-state index in [0.29, 0.717) is 6.10 Å². The molecule has 1 atom stereocenters. The monoisotopic (exact) mass is 164 g/mol. The molecular formula is C11H16O. The third kappa shape index (κ3) is 2.00. The van der Waals surface area contributed by atoms with Crippen LogP contribution in [0, 0.1) is 0 Å². The van der Waals surface area contributed by atoms with E-state index in [9.17, 15) is 0 Å². The molecule has 0 aromatic carbocycles. The maximum Gasteiger partial charge on any atom is 0.122 e. The van der Waals surface area contributed by atoms with E-state index in [1.54, 1.807) is 6.08 Å². The minimum Gasteiger partial charge on any atom is -0.490 e. The SMILES string of the molecule is C=CC1=C(/C=C\C)CC[C@@H](C)O1. The van der Waals surface area contributed by atoms with Gasteiger partial charge in [0.05, 0.1) is 6.10 Å². The van der Waals surface area contributed by atoms with E-state index in [2.05, 4.69) is 19.6 Å². The summed E-state index contributed by atoms with van der Waals surface area (Å²) < 4.78 is 5.61. The zero-order valence-electron chi connectivity index (χ0n) is 7.84. The summed E-state index contributed by atoms with van der Waals surface area (Å²) in [5, 5.41) is 0.